The minimum Gasteiger partial charge on any atom is -0.311 e. The Kier molecular flexibility index (Phi) is 3.37. The molecule has 0 aliphatic carbocycles. The average molecular weight is 217 g/mol. The van der Waals surface area contributed by atoms with Gasteiger partial charge in [0, 0.05) is 25.1 Å². The van der Waals surface area contributed by atoms with Crippen LogP contribution in [0, 0.1) is 12.3 Å². The van der Waals surface area contributed by atoms with Gasteiger partial charge >= 0.3 is 0 Å². The lowest BCUT2D eigenvalue weighted by molar-refractivity contribution is 0.569. The summed E-state index contributed by atoms with van der Waals surface area (Å²) in [6.07, 6.45) is 9.11. The summed E-state index contributed by atoms with van der Waals surface area (Å²) < 4.78 is 1.67. The van der Waals surface area contributed by atoms with Gasteiger partial charge < -0.3 is 5.32 Å². The third-order valence-electron chi connectivity index (χ3n) is 2.78. The number of nitrogens with one attached hydrogen (secondary N) is 1. The summed E-state index contributed by atoms with van der Waals surface area (Å²) in [5.74, 6) is 2.57. The number of rotatable bonds is 3. The maximum absolute atomic E-state index is 12.1. The molecule has 4 heteroatoms. The van der Waals surface area contributed by atoms with Crippen LogP contribution in [0.4, 0.5) is 0 Å². The third kappa shape index (κ3) is 2.15. The number of aromatic nitrogens is 2. The Labute approximate surface area is 94.7 Å². The molecule has 4 nitrogen and oxygen atoms in total. The molecule has 16 heavy (non-hydrogen) atoms. The van der Waals surface area contributed by atoms with E-state index in [-0.39, 0.29) is 5.56 Å². The van der Waals surface area contributed by atoms with Crippen molar-refractivity contribution in [2.75, 3.05) is 6.54 Å². The summed E-state index contributed by atoms with van der Waals surface area (Å²) in [7, 11) is 0. The van der Waals surface area contributed by atoms with Gasteiger partial charge in [0.05, 0.1) is 12.0 Å². The number of hydrogen-bond acceptors (Lipinski definition) is 3. The molecular formula is C12H15N3O. The predicted octanol–water partition coefficient (Wildman–Crippen LogP) is 0.302. The lowest BCUT2D eigenvalue weighted by atomic mass is 10.1. The standard InChI is InChI=1S/C12H15N3O/c1-2-3-4-7-15-9-14-11-8-13-6-5-10(11)12(15)16/h1,9,13H,3-8H2. The van der Waals surface area contributed by atoms with E-state index in [1.54, 1.807) is 10.9 Å². The average Bonchev–Trinajstić information content (AvgIpc) is 2.33. The first-order chi connectivity index (χ1) is 7.83. The van der Waals surface area contributed by atoms with Gasteiger partial charge in [0.25, 0.3) is 5.56 Å². The fraction of sp³-hybridized carbons (Fsp3) is 0.500. The highest BCUT2D eigenvalue weighted by Crippen LogP contribution is 2.05. The lowest BCUT2D eigenvalue weighted by Gasteiger charge is -2.16. The summed E-state index contributed by atoms with van der Waals surface area (Å²) >= 11 is 0. The van der Waals surface area contributed by atoms with Crippen molar-refractivity contribution in [3.63, 3.8) is 0 Å². The van der Waals surface area contributed by atoms with Crippen molar-refractivity contribution in [3.8, 4) is 12.3 Å². The maximum atomic E-state index is 12.1. The summed E-state index contributed by atoms with van der Waals surface area (Å²) in [6.45, 7) is 2.23. The van der Waals surface area contributed by atoms with Crippen molar-refractivity contribution in [1.29, 1.82) is 0 Å². The van der Waals surface area contributed by atoms with E-state index in [4.69, 9.17) is 6.42 Å². The zero-order valence-corrected chi connectivity index (χ0v) is 9.20. The molecule has 1 aromatic heterocycles. The van der Waals surface area contributed by atoms with Crippen molar-refractivity contribution < 1.29 is 0 Å². The molecule has 0 unspecified atom stereocenters. The molecule has 0 radical (unpaired) electrons. The molecule has 0 amide bonds. The van der Waals surface area contributed by atoms with E-state index < -0.39 is 0 Å². The molecular weight excluding hydrogens is 202 g/mol. The molecule has 0 saturated carbocycles. The van der Waals surface area contributed by atoms with Gasteiger partial charge in [0.2, 0.25) is 0 Å². The summed E-state index contributed by atoms with van der Waals surface area (Å²) in [6, 6.07) is 0. The van der Waals surface area contributed by atoms with E-state index in [1.165, 1.54) is 0 Å². The molecule has 0 fully saturated rings. The zero-order valence-electron chi connectivity index (χ0n) is 9.20. The highest BCUT2D eigenvalue weighted by molar-refractivity contribution is 5.19. The van der Waals surface area contributed by atoms with E-state index in [2.05, 4.69) is 16.2 Å². The molecule has 0 spiro atoms. The van der Waals surface area contributed by atoms with Crippen LogP contribution in [0.15, 0.2) is 11.1 Å². The topological polar surface area (TPSA) is 46.9 Å². The lowest BCUT2D eigenvalue weighted by Crippen LogP contribution is -2.34. The van der Waals surface area contributed by atoms with Crippen molar-refractivity contribution in [3.05, 3.63) is 27.9 Å². The van der Waals surface area contributed by atoms with E-state index in [9.17, 15) is 4.79 Å². The first-order valence-electron chi connectivity index (χ1n) is 5.54. The highest BCUT2D eigenvalue weighted by atomic mass is 16.1. The molecule has 1 aliphatic rings. The van der Waals surface area contributed by atoms with Crippen molar-refractivity contribution in [2.24, 2.45) is 0 Å². The van der Waals surface area contributed by atoms with Crippen molar-refractivity contribution >= 4 is 0 Å². The Morgan fingerprint density at radius 2 is 2.50 bits per heavy atom. The molecule has 0 bridgehead atoms. The van der Waals surface area contributed by atoms with Gasteiger partial charge in [-0.25, -0.2) is 4.98 Å². The predicted molar refractivity (Wildman–Crippen MR) is 62.0 cm³/mol. The van der Waals surface area contributed by atoms with E-state index in [0.29, 0.717) is 19.5 Å². The van der Waals surface area contributed by atoms with Crippen molar-refractivity contribution in [1.82, 2.24) is 14.9 Å². The maximum Gasteiger partial charge on any atom is 0.256 e. The fourth-order valence-electron chi connectivity index (χ4n) is 1.90. The number of hydrogen-bond donors (Lipinski definition) is 1. The van der Waals surface area contributed by atoms with Crippen LogP contribution < -0.4 is 10.9 Å². The van der Waals surface area contributed by atoms with Crippen molar-refractivity contribution in [2.45, 2.75) is 32.4 Å². The van der Waals surface area contributed by atoms with Crippen LogP contribution in [0.2, 0.25) is 0 Å². The Bertz CT molecular complexity index is 470. The van der Waals surface area contributed by atoms with Crippen LogP contribution in [0.25, 0.3) is 0 Å². The summed E-state index contributed by atoms with van der Waals surface area (Å²) in [5.41, 5.74) is 1.86. The van der Waals surface area contributed by atoms with Gasteiger partial charge in [-0.3, -0.25) is 9.36 Å². The highest BCUT2D eigenvalue weighted by Gasteiger charge is 2.14. The van der Waals surface area contributed by atoms with E-state index in [0.717, 1.165) is 30.6 Å². The van der Waals surface area contributed by atoms with E-state index in [1.807, 2.05) is 0 Å². The summed E-state index contributed by atoms with van der Waals surface area (Å²) in [5, 5.41) is 3.20. The number of fused-ring (bicyclic) bond motifs is 1. The van der Waals surface area contributed by atoms with E-state index >= 15 is 0 Å². The van der Waals surface area contributed by atoms with Crippen LogP contribution in [0.3, 0.4) is 0 Å². The zero-order chi connectivity index (χ0) is 11.4. The largest absolute Gasteiger partial charge is 0.311 e. The Morgan fingerprint density at radius 3 is 3.31 bits per heavy atom. The fourth-order valence-corrected chi connectivity index (χ4v) is 1.90. The Hall–Kier alpha value is -1.60. The number of nitrogens with zero attached hydrogens (tertiary/aromatic N) is 2. The Morgan fingerprint density at radius 1 is 1.62 bits per heavy atom. The van der Waals surface area contributed by atoms with Gasteiger partial charge in [-0.15, -0.1) is 12.3 Å². The quantitative estimate of drug-likeness (QED) is 0.585. The number of terminal acetylenes is 1. The normalized spacial score (nSPS) is 14.2. The molecule has 0 saturated heterocycles. The Balaban J connectivity index is 2.21. The van der Waals surface area contributed by atoms with Crippen LogP contribution in [-0.4, -0.2) is 16.1 Å². The molecule has 2 rings (SSSR count). The smallest absolute Gasteiger partial charge is 0.256 e. The number of aryl methyl sites for hydroxylation is 1. The molecule has 84 valence electrons. The SMILES string of the molecule is C#CCCCn1cnc2c(c1=O)CCNC2. The van der Waals surface area contributed by atoms with Gasteiger partial charge in [-0.2, -0.15) is 0 Å². The molecule has 1 N–H and O–H groups in total. The van der Waals surface area contributed by atoms with Crippen LogP contribution in [-0.2, 0) is 19.5 Å². The van der Waals surface area contributed by atoms with Crippen LogP contribution in [0.1, 0.15) is 24.1 Å². The monoisotopic (exact) mass is 217 g/mol. The molecule has 0 atom stereocenters. The van der Waals surface area contributed by atoms with Crippen LogP contribution in [0.5, 0.6) is 0 Å². The third-order valence-corrected chi connectivity index (χ3v) is 2.78. The second-order valence-electron chi connectivity index (χ2n) is 3.90. The molecule has 2 heterocycles. The molecule has 1 aliphatic heterocycles. The minimum atomic E-state index is 0.100. The van der Waals surface area contributed by atoms with Gasteiger partial charge in [-0.1, -0.05) is 0 Å². The molecule has 0 aromatic carbocycles. The van der Waals surface area contributed by atoms with Gasteiger partial charge in [-0.05, 0) is 19.4 Å². The molecule has 1 aromatic rings. The minimum absolute atomic E-state index is 0.100. The second-order valence-corrected chi connectivity index (χ2v) is 3.90. The number of unbranched alkanes of at least 4 members (excludes halogenated alkanes) is 1. The summed E-state index contributed by atoms with van der Waals surface area (Å²) in [4.78, 5) is 16.4. The first kappa shape index (κ1) is 10.9. The second kappa shape index (κ2) is 4.95. The van der Waals surface area contributed by atoms with Gasteiger partial charge in [0.15, 0.2) is 0 Å². The van der Waals surface area contributed by atoms with Gasteiger partial charge in [0.1, 0.15) is 0 Å². The van der Waals surface area contributed by atoms with Crippen LogP contribution >= 0.6 is 0 Å². The first-order valence-corrected chi connectivity index (χ1v) is 5.54.